The summed E-state index contributed by atoms with van der Waals surface area (Å²) < 4.78 is 1.52. The van der Waals surface area contributed by atoms with Gasteiger partial charge in [0.1, 0.15) is 0 Å². The molecule has 62 valence electrons. The lowest BCUT2D eigenvalue weighted by atomic mass is 10.3. The number of anilines is 1. The molecule has 0 unspecified atom stereocenters. The first-order valence-electron chi connectivity index (χ1n) is 3.43. The molecule has 1 aromatic rings. The Hall–Kier alpha value is -0.840. The Labute approximate surface area is 85.4 Å². The van der Waals surface area contributed by atoms with E-state index < -0.39 is 0 Å². The summed E-state index contributed by atoms with van der Waals surface area (Å²) in [6, 6.07) is 9.42. The van der Waals surface area contributed by atoms with Crippen LogP contribution in [0, 0.1) is 0 Å². The molecular weight excluding hydrogens is 265 g/mol. The molecule has 3 heteroatoms. The number of para-hydroxylation sites is 1. The molecule has 0 radical (unpaired) electrons. The average Bonchev–Trinajstić information content (AvgIpc) is 2.17. The summed E-state index contributed by atoms with van der Waals surface area (Å²) >= 11 is 1.95. The van der Waals surface area contributed by atoms with Crippen LogP contribution in [-0.2, 0) is 4.79 Å². The van der Waals surface area contributed by atoms with Crippen molar-refractivity contribution < 1.29 is 4.79 Å². The van der Waals surface area contributed by atoms with Gasteiger partial charge in [0, 0.05) is 0 Å². The Balaban J connectivity index is 2.85. The molecule has 0 saturated heterocycles. The molecule has 1 aromatic carbocycles. The van der Waals surface area contributed by atoms with Gasteiger partial charge < -0.3 is 0 Å². The van der Waals surface area contributed by atoms with E-state index in [1.807, 2.05) is 53.2 Å². The molecule has 0 aromatic heterocycles. The van der Waals surface area contributed by atoms with Crippen LogP contribution in [0.5, 0.6) is 0 Å². The van der Waals surface area contributed by atoms with Gasteiger partial charge in [-0.05, 0) is 18.2 Å². The number of rotatable bonds is 2. The molecule has 0 heterocycles. The number of nitrogens with zero attached hydrogens (tertiary/aromatic N) is 1. The summed E-state index contributed by atoms with van der Waals surface area (Å²) in [5.74, 6) is -0.109. The Morgan fingerprint density at radius 2 is 2.00 bits per heavy atom. The van der Waals surface area contributed by atoms with Gasteiger partial charge >= 0.3 is 0 Å². The second-order valence-electron chi connectivity index (χ2n) is 2.16. The van der Waals surface area contributed by atoms with Crippen molar-refractivity contribution >= 4 is 34.5 Å². The van der Waals surface area contributed by atoms with Crippen LogP contribution in [0.3, 0.4) is 0 Å². The van der Waals surface area contributed by atoms with Gasteiger partial charge in [-0.1, -0.05) is 24.8 Å². The molecule has 0 aliphatic heterocycles. The fraction of sp³-hybridized carbons (Fsp3) is 0. The third-order valence-corrected chi connectivity index (χ3v) is 2.38. The monoisotopic (exact) mass is 273 g/mol. The highest BCUT2D eigenvalue weighted by atomic mass is 127. The molecule has 0 aliphatic carbocycles. The van der Waals surface area contributed by atoms with E-state index in [1.165, 1.54) is 9.19 Å². The lowest BCUT2D eigenvalue weighted by Gasteiger charge is -2.11. The maximum atomic E-state index is 11.1. The highest BCUT2D eigenvalue weighted by Crippen LogP contribution is 2.17. The first-order valence-corrected chi connectivity index (χ1v) is 4.39. The highest BCUT2D eigenvalue weighted by Gasteiger charge is 2.06. The van der Waals surface area contributed by atoms with Crippen LogP contribution in [0.2, 0.25) is 0 Å². The number of carbonyl (C=O) groups is 1. The van der Waals surface area contributed by atoms with Crippen molar-refractivity contribution in [1.29, 1.82) is 0 Å². The second kappa shape index (κ2) is 4.25. The smallest absolute Gasteiger partial charge is 0.259 e. The third kappa shape index (κ3) is 2.07. The molecule has 0 saturated carbocycles. The van der Waals surface area contributed by atoms with Crippen LogP contribution < -0.4 is 3.11 Å². The average molecular weight is 273 g/mol. The number of benzene rings is 1. The van der Waals surface area contributed by atoms with Crippen LogP contribution in [0.25, 0.3) is 0 Å². The van der Waals surface area contributed by atoms with Gasteiger partial charge in [0.15, 0.2) is 0 Å². The number of amides is 1. The fourth-order valence-corrected chi connectivity index (χ4v) is 1.28. The molecule has 0 fully saturated rings. The van der Waals surface area contributed by atoms with E-state index in [2.05, 4.69) is 6.58 Å². The first kappa shape index (κ1) is 9.25. The molecule has 0 bridgehead atoms. The number of halogens is 1. The molecule has 1 amide bonds. The molecule has 1 rings (SSSR count). The summed E-state index contributed by atoms with van der Waals surface area (Å²) in [5, 5.41) is 0. The van der Waals surface area contributed by atoms with Gasteiger partial charge in [-0.3, -0.25) is 4.79 Å². The summed E-state index contributed by atoms with van der Waals surface area (Å²) in [6.07, 6.45) is 1.29. The van der Waals surface area contributed by atoms with Crippen molar-refractivity contribution in [3.63, 3.8) is 0 Å². The zero-order valence-corrected chi connectivity index (χ0v) is 8.56. The van der Waals surface area contributed by atoms with Crippen LogP contribution in [-0.4, -0.2) is 5.91 Å². The molecule has 0 aliphatic rings. The van der Waals surface area contributed by atoms with E-state index in [1.54, 1.807) is 0 Å². The van der Waals surface area contributed by atoms with E-state index >= 15 is 0 Å². The van der Waals surface area contributed by atoms with Gasteiger partial charge in [-0.2, -0.15) is 0 Å². The van der Waals surface area contributed by atoms with Crippen molar-refractivity contribution in [2.75, 3.05) is 3.11 Å². The minimum atomic E-state index is -0.109. The van der Waals surface area contributed by atoms with Gasteiger partial charge in [0.2, 0.25) is 0 Å². The predicted molar refractivity (Wildman–Crippen MR) is 58.1 cm³/mol. The normalized spacial score (nSPS) is 9.08. The minimum Gasteiger partial charge on any atom is -0.269 e. The summed E-state index contributed by atoms with van der Waals surface area (Å²) in [5.41, 5.74) is 0.864. The van der Waals surface area contributed by atoms with E-state index in [9.17, 15) is 4.79 Å². The second-order valence-corrected chi connectivity index (χ2v) is 3.12. The number of hydrogen-bond acceptors (Lipinski definition) is 1. The van der Waals surface area contributed by atoms with Crippen LogP contribution >= 0.6 is 22.9 Å². The molecule has 0 spiro atoms. The van der Waals surface area contributed by atoms with E-state index in [0.29, 0.717) is 0 Å². The zero-order chi connectivity index (χ0) is 8.97. The van der Waals surface area contributed by atoms with Crippen molar-refractivity contribution in [1.82, 2.24) is 0 Å². The van der Waals surface area contributed by atoms with Crippen molar-refractivity contribution in [2.24, 2.45) is 0 Å². The molecular formula is C9H8INO. The standard InChI is InChI=1S/C9H8INO/c1-2-9(12)11(10)8-6-4-3-5-7-8/h2-7H,1H2. The van der Waals surface area contributed by atoms with Crippen molar-refractivity contribution in [3.8, 4) is 0 Å². The highest BCUT2D eigenvalue weighted by molar-refractivity contribution is 14.1. The van der Waals surface area contributed by atoms with Crippen molar-refractivity contribution in [3.05, 3.63) is 43.0 Å². The Morgan fingerprint density at radius 3 is 2.50 bits per heavy atom. The van der Waals surface area contributed by atoms with Crippen molar-refractivity contribution in [2.45, 2.75) is 0 Å². The molecule has 0 N–H and O–H groups in total. The Bertz CT molecular complexity index is 284. The zero-order valence-electron chi connectivity index (χ0n) is 6.40. The Kier molecular flexibility index (Phi) is 3.28. The maximum Gasteiger partial charge on any atom is 0.259 e. The van der Waals surface area contributed by atoms with E-state index in [-0.39, 0.29) is 5.91 Å². The van der Waals surface area contributed by atoms with E-state index in [4.69, 9.17) is 0 Å². The maximum absolute atomic E-state index is 11.1. The molecule has 0 atom stereocenters. The Morgan fingerprint density at radius 1 is 1.42 bits per heavy atom. The predicted octanol–water partition coefficient (Wildman–Crippen LogP) is 2.56. The molecule has 12 heavy (non-hydrogen) atoms. The summed E-state index contributed by atoms with van der Waals surface area (Å²) in [4.78, 5) is 11.1. The van der Waals surface area contributed by atoms with Gasteiger partial charge in [0.05, 0.1) is 28.6 Å². The van der Waals surface area contributed by atoms with E-state index in [0.717, 1.165) is 5.69 Å². The summed E-state index contributed by atoms with van der Waals surface area (Å²) in [6.45, 7) is 3.41. The largest absolute Gasteiger partial charge is 0.269 e. The third-order valence-electron chi connectivity index (χ3n) is 1.35. The number of hydrogen-bond donors (Lipinski definition) is 0. The lowest BCUT2D eigenvalue weighted by molar-refractivity contribution is -0.112. The fourth-order valence-electron chi connectivity index (χ4n) is 0.766. The molecule has 2 nitrogen and oxygen atoms in total. The van der Waals surface area contributed by atoms with Gasteiger partial charge in [0.25, 0.3) is 5.91 Å². The lowest BCUT2D eigenvalue weighted by Crippen LogP contribution is -2.16. The van der Waals surface area contributed by atoms with Gasteiger partial charge in [-0.15, -0.1) is 0 Å². The SMILES string of the molecule is C=CC(=O)N(I)c1ccccc1. The number of carbonyl (C=O) groups excluding carboxylic acids is 1. The quantitative estimate of drug-likeness (QED) is 0.460. The van der Waals surface area contributed by atoms with Crippen LogP contribution in [0.15, 0.2) is 43.0 Å². The topological polar surface area (TPSA) is 20.3 Å². The first-order chi connectivity index (χ1) is 5.75. The summed E-state index contributed by atoms with van der Waals surface area (Å²) in [7, 11) is 0. The van der Waals surface area contributed by atoms with Gasteiger partial charge in [-0.25, -0.2) is 3.11 Å². The van der Waals surface area contributed by atoms with Crippen LogP contribution in [0.4, 0.5) is 5.69 Å². The van der Waals surface area contributed by atoms with Crippen LogP contribution in [0.1, 0.15) is 0 Å². The minimum absolute atomic E-state index is 0.109.